The summed E-state index contributed by atoms with van der Waals surface area (Å²) in [6, 6.07) is 8.14. The molecule has 0 aliphatic heterocycles. The van der Waals surface area contributed by atoms with Crippen molar-refractivity contribution in [3.63, 3.8) is 0 Å². The maximum atomic E-state index is 11.7. The highest BCUT2D eigenvalue weighted by Gasteiger charge is 2.19. The van der Waals surface area contributed by atoms with Crippen LogP contribution in [0.3, 0.4) is 0 Å². The van der Waals surface area contributed by atoms with Crippen molar-refractivity contribution >= 4 is 15.7 Å². The largest absolute Gasteiger partial charge is 0.492 e. The molecule has 0 aromatic heterocycles. The van der Waals surface area contributed by atoms with Crippen LogP contribution in [0.2, 0.25) is 0 Å². The maximum absolute atomic E-state index is 11.7. The fraction of sp³-hybridized carbons (Fsp3) is 0.364. The van der Waals surface area contributed by atoms with Crippen molar-refractivity contribution in [1.82, 2.24) is 0 Å². The highest BCUT2D eigenvalue weighted by molar-refractivity contribution is 7.93. The molecule has 0 spiro atoms. The molecule has 1 aromatic carbocycles. The van der Waals surface area contributed by atoms with Crippen molar-refractivity contribution in [2.75, 3.05) is 17.9 Å². The van der Waals surface area contributed by atoms with Gasteiger partial charge in [-0.15, -0.1) is 0 Å². The Kier molecular flexibility index (Phi) is 4.95. The molecule has 1 aromatic rings. The smallest absolute Gasteiger partial charge is 0.248 e. The summed E-state index contributed by atoms with van der Waals surface area (Å²) < 4.78 is 30.9. The number of hydrogen-bond acceptors (Lipinski definition) is 5. The lowest BCUT2D eigenvalue weighted by atomic mass is 10.3. The summed E-state index contributed by atoms with van der Waals surface area (Å²) >= 11 is 0. The quantitative estimate of drug-likeness (QED) is 0.790. The Hall–Kier alpha value is -1.78. The van der Waals surface area contributed by atoms with Gasteiger partial charge in [0.25, 0.3) is 0 Å². The Morgan fingerprint density at radius 3 is 2.89 bits per heavy atom. The molecule has 6 nitrogen and oxygen atoms in total. The van der Waals surface area contributed by atoms with Crippen molar-refractivity contribution in [3.05, 3.63) is 24.3 Å². The molecule has 0 amide bonds. The minimum atomic E-state index is -3.69. The van der Waals surface area contributed by atoms with Gasteiger partial charge in [-0.25, -0.2) is 8.42 Å². The van der Waals surface area contributed by atoms with E-state index in [1.807, 2.05) is 0 Å². The molecule has 0 aliphatic rings. The van der Waals surface area contributed by atoms with Crippen LogP contribution in [0.15, 0.2) is 24.3 Å². The second-order valence-corrected chi connectivity index (χ2v) is 5.58. The predicted molar refractivity (Wildman–Crippen MR) is 68.6 cm³/mol. The average Bonchev–Trinajstić information content (AvgIpc) is 2.35. The topological polar surface area (TPSA) is 105 Å². The van der Waals surface area contributed by atoms with Crippen LogP contribution in [-0.4, -0.2) is 26.8 Å². The fourth-order valence-corrected chi connectivity index (χ4v) is 1.92. The molecule has 0 aliphatic carbocycles. The number of anilines is 1. The van der Waals surface area contributed by atoms with Crippen LogP contribution >= 0.6 is 0 Å². The zero-order chi connectivity index (χ0) is 13.6. The molecule has 18 heavy (non-hydrogen) atoms. The number of nitrogens with one attached hydrogen (secondary N) is 1. The number of benzene rings is 1. The Balaban J connectivity index is 2.83. The maximum Gasteiger partial charge on any atom is 0.248 e. The van der Waals surface area contributed by atoms with Gasteiger partial charge in [-0.3, -0.25) is 4.72 Å². The predicted octanol–water partition coefficient (Wildman–Crippen LogP) is 0.678. The molecular weight excluding hydrogens is 254 g/mol. The van der Waals surface area contributed by atoms with E-state index in [1.165, 1.54) is 13.0 Å². The lowest BCUT2D eigenvalue weighted by Crippen LogP contribution is -2.23. The number of sulfonamides is 1. The molecule has 0 saturated carbocycles. The molecule has 1 unspecified atom stereocenters. The first kappa shape index (κ1) is 14.3. The first-order valence-electron chi connectivity index (χ1n) is 5.34. The van der Waals surface area contributed by atoms with Gasteiger partial charge in [-0.05, 0) is 19.1 Å². The normalized spacial score (nSPS) is 12.5. The number of ether oxygens (including phenoxy) is 1. The Morgan fingerprint density at radius 1 is 1.56 bits per heavy atom. The van der Waals surface area contributed by atoms with Gasteiger partial charge >= 0.3 is 0 Å². The average molecular weight is 269 g/mol. The van der Waals surface area contributed by atoms with Gasteiger partial charge < -0.3 is 10.5 Å². The third kappa shape index (κ3) is 3.91. The van der Waals surface area contributed by atoms with Gasteiger partial charge in [0.1, 0.15) is 12.4 Å². The molecule has 98 valence electrons. The molecule has 0 radical (unpaired) electrons. The first-order valence-corrected chi connectivity index (χ1v) is 6.88. The van der Waals surface area contributed by atoms with Crippen LogP contribution in [0.25, 0.3) is 0 Å². The zero-order valence-corrected chi connectivity index (χ0v) is 10.8. The highest BCUT2D eigenvalue weighted by atomic mass is 32.2. The van der Waals surface area contributed by atoms with Crippen LogP contribution < -0.4 is 15.2 Å². The second kappa shape index (κ2) is 6.23. The minimum absolute atomic E-state index is 0.352. The summed E-state index contributed by atoms with van der Waals surface area (Å²) in [5.41, 5.74) is 5.65. The minimum Gasteiger partial charge on any atom is -0.492 e. The summed E-state index contributed by atoms with van der Waals surface area (Å²) in [7, 11) is -3.69. The standard InChI is InChI=1S/C11H15N3O3S/c1-9(8-13)18(15,16)14-10-3-2-4-11(7-10)17-6-5-12/h2-4,7,9,14H,5-6,12H2,1H3. The second-order valence-electron chi connectivity index (χ2n) is 3.58. The number of rotatable bonds is 6. The van der Waals surface area contributed by atoms with Gasteiger partial charge in [-0.1, -0.05) is 6.07 Å². The zero-order valence-electron chi connectivity index (χ0n) is 9.96. The van der Waals surface area contributed by atoms with E-state index in [1.54, 1.807) is 24.3 Å². The van der Waals surface area contributed by atoms with Gasteiger partial charge in [0.05, 0.1) is 11.8 Å². The summed E-state index contributed by atoms with van der Waals surface area (Å²) in [5.74, 6) is 0.519. The third-order valence-corrected chi connectivity index (χ3v) is 3.68. The van der Waals surface area contributed by atoms with E-state index in [-0.39, 0.29) is 0 Å². The Labute approximate surface area is 106 Å². The van der Waals surface area contributed by atoms with Gasteiger partial charge in [0, 0.05) is 12.6 Å². The fourth-order valence-electron chi connectivity index (χ4n) is 1.15. The van der Waals surface area contributed by atoms with Crippen molar-refractivity contribution < 1.29 is 13.2 Å². The molecule has 0 heterocycles. The summed E-state index contributed by atoms with van der Waals surface area (Å²) in [5, 5.41) is 7.49. The van der Waals surface area contributed by atoms with Crippen LogP contribution in [0, 0.1) is 11.3 Å². The molecule has 1 atom stereocenters. The van der Waals surface area contributed by atoms with Gasteiger partial charge in [-0.2, -0.15) is 5.26 Å². The monoisotopic (exact) mass is 269 g/mol. The van der Waals surface area contributed by atoms with Gasteiger partial charge in [0.15, 0.2) is 5.25 Å². The van der Waals surface area contributed by atoms with E-state index in [2.05, 4.69) is 4.72 Å². The van der Waals surface area contributed by atoms with Crippen molar-refractivity contribution in [2.45, 2.75) is 12.2 Å². The Bertz CT molecular complexity index is 537. The van der Waals surface area contributed by atoms with Crippen LogP contribution in [0.5, 0.6) is 5.75 Å². The van der Waals surface area contributed by atoms with Crippen molar-refractivity contribution in [1.29, 1.82) is 5.26 Å². The number of nitrogens with two attached hydrogens (primary N) is 1. The van der Waals surface area contributed by atoms with Gasteiger partial charge in [0.2, 0.25) is 10.0 Å². The molecule has 3 N–H and O–H groups in total. The van der Waals surface area contributed by atoms with Crippen LogP contribution in [0.1, 0.15) is 6.92 Å². The highest BCUT2D eigenvalue weighted by Crippen LogP contribution is 2.19. The molecule has 0 bridgehead atoms. The van der Waals surface area contributed by atoms with E-state index in [9.17, 15) is 8.42 Å². The molecule has 0 fully saturated rings. The lowest BCUT2D eigenvalue weighted by molar-refractivity contribution is 0.328. The van der Waals surface area contributed by atoms with Crippen LogP contribution in [-0.2, 0) is 10.0 Å². The van der Waals surface area contributed by atoms with E-state index in [0.717, 1.165) is 0 Å². The van der Waals surface area contributed by atoms with E-state index >= 15 is 0 Å². The third-order valence-electron chi connectivity index (χ3n) is 2.13. The SMILES string of the molecule is CC(C#N)S(=O)(=O)Nc1cccc(OCCN)c1. The number of nitrogens with zero attached hydrogens (tertiary/aromatic N) is 1. The lowest BCUT2D eigenvalue weighted by Gasteiger charge is -2.10. The summed E-state index contributed by atoms with van der Waals surface area (Å²) in [4.78, 5) is 0. The molecule has 7 heteroatoms. The molecular formula is C11H15N3O3S. The Morgan fingerprint density at radius 2 is 2.28 bits per heavy atom. The number of hydrogen-bond donors (Lipinski definition) is 2. The van der Waals surface area contributed by atoms with Crippen molar-refractivity contribution in [3.8, 4) is 11.8 Å². The van der Waals surface area contributed by atoms with E-state index in [0.29, 0.717) is 24.6 Å². The van der Waals surface area contributed by atoms with E-state index in [4.69, 9.17) is 15.7 Å². The molecule has 0 saturated heterocycles. The number of nitriles is 1. The summed E-state index contributed by atoms with van der Waals surface area (Å²) in [6.45, 7) is 2.04. The first-order chi connectivity index (χ1) is 8.49. The van der Waals surface area contributed by atoms with Crippen molar-refractivity contribution in [2.24, 2.45) is 5.73 Å². The summed E-state index contributed by atoms with van der Waals surface area (Å²) in [6.07, 6.45) is 0. The van der Waals surface area contributed by atoms with E-state index < -0.39 is 15.3 Å². The van der Waals surface area contributed by atoms with Crippen LogP contribution in [0.4, 0.5) is 5.69 Å². The molecule has 1 rings (SSSR count).